The molecule has 0 heterocycles. The van der Waals surface area contributed by atoms with Crippen LogP contribution in [0.2, 0.25) is 0 Å². The van der Waals surface area contributed by atoms with E-state index in [4.69, 9.17) is 25.5 Å². The van der Waals surface area contributed by atoms with Gasteiger partial charge in [-0.25, -0.2) is 0 Å². The SMILES string of the molecule is O=C([O-])[C@](O)(CO)[C@H](O)[C@H](O)CO. The van der Waals surface area contributed by atoms with E-state index in [0.29, 0.717) is 0 Å². The summed E-state index contributed by atoms with van der Waals surface area (Å²) < 4.78 is 0. The Balaban J connectivity index is 4.65. The summed E-state index contributed by atoms with van der Waals surface area (Å²) in [6.45, 7) is -2.27. The van der Waals surface area contributed by atoms with Crippen molar-refractivity contribution in [3.63, 3.8) is 0 Å². The van der Waals surface area contributed by atoms with Gasteiger partial charge in [0, 0.05) is 0 Å². The van der Waals surface area contributed by atoms with Crippen molar-refractivity contribution in [2.45, 2.75) is 17.8 Å². The molecule has 0 fully saturated rings. The molecule has 0 unspecified atom stereocenters. The minimum atomic E-state index is -2.97. The highest BCUT2D eigenvalue weighted by atomic mass is 16.4. The number of aliphatic carboxylic acids is 1. The number of carbonyl (C=O) groups excluding carboxylic acids is 1. The lowest BCUT2D eigenvalue weighted by Gasteiger charge is -2.33. The van der Waals surface area contributed by atoms with E-state index >= 15 is 0 Å². The molecule has 13 heavy (non-hydrogen) atoms. The van der Waals surface area contributed by atoms with Crippen LogP contribution >= 0.6 is 0 Å². The second kappa shape index (κ2) is 4.49. The van der Waals surface area contributed by atoms with Gasteiger partial charge in [0.25, 0.3) is 0 Å². The van der Waals surface area contributed by atoms with E-state index < -0.39 is 37.0 Å². The molecule has 0 radical (unpaired) electrons. The maximum Gasteiger partial charge on any atom is 0.155 e. The Kier molecular flexibility index (Phi) is 4.24. The largest absolute Gasteiger partial charge is 0.547 e. The number of hydrogen-bond acceptors (Lipinski definition) is 7. The summed E-state index contributed by atoms with van der Waals surface area (Å²) >= 11 is 0. The Hall–Kier alpha value is -0.730. The van der Waals surface area contributed by atoms with Gasteiger partial charge in [-0.05, 0) is 0 Å². The summed E-state index contributed by atoms with van der Waals surface area (Å²) in [4.78, 5) is 10.2. The lowest BCUT2D eigenvalue weighted by Crippen LogP contribution is -2.62. The summed E-state index contributed by atoms with van der Waals surface area (Å²) in [6.07, 6.45) is -4.08. The molecule has 0 aliphatic carbocycles. The van der Waals surface area contributed by atoms with E-state index in [0.717, 1.165) is 0 Å². The topological polar surface area (TPSA) is 141 Å². The summed E-state index contributed by atoms with van der Waals surface area (Å²) in [6, 6.07) is 0. The Morgan fingerprint density at radius 1 is 1.38 bits per heavy atom. The molecule has 5 N–H and O–H groups in total. The van der Waals surface area contributed by atoms with E-state index in [1.165, 1.54) is 0 Å². The third kappa shape index (κ3) is 2.36. The highest BCUT2D eigenvalue weighted by Crippen LogP contribution is 2.12. The fraction of sp³-hybridized carbons (Fsp3) is 0.833. The highest BCUT2D eigenvalue weighted by Gasteiger charge is 2.40. The molecule has 0 bridgehead atoms. The van der Waals surface area contributed by atoms with Gasteiger partial charge in [-0.3, -0.25) is 0 Å². The average Bonchev–Trinajstić information content (AvgIpc) is 2.13. The molecule has 0 aliphatic rings. The molecule has 0 rings (SSSR count). The molecule has 78 valence electrons. The molecule has 0 amide bonds. The molecule has 0 aromatic rings. The Morgan fingerprint density at radius 3 is 2.08 bits per heavy atom. The van der Waals surface area contributed by atoms with Crippen LogP contribution < -0.4 is 5.11 Å². The Bertz CT molecular complexity index is 182. The normalized spacial score (nSPS) is 20.4. The molecule has 0 saturated heterocycles. The predicted octanol–water partition coefficient (Wildman–Crippen LogP) is -4.83. The second-order valence-corrected chi connectivity index (χ2v) is 2.56. The molecule has 0 saturated carbocycles. The van der Waals surface area contributed by atoms with Crippen molar-refractivity contribution >= 4 is 5.97 Å². The fourth-order valence-electron chi connectivity index (χ4n) is 0.697. The van der Waals surface area contributed by atoms with Crippen LogP contribution in [0.3, 0.4) is 0 Å². The van der Waals surface area contributed by atoms with Crippen LogP contribution in [-0.4, -0.2) is 62.5 Å². The molecule has 3 atom stereocenters. The Morgan fingerprint density at radius 2 is 1.85 bits per heavy atom. The third-order valence-corrected chi connectivity index (χ3v) is 1.64. The smallest absolute Gasteiger partial charge is 0.155 e. The van der Waals surface area contributed by atoms with E-state index in [1.54, 1.807) is 0 Å². The van der Waals surface area contributed by atoms with Crippen LogP contribution in [0.15, 0.2) is 0 Å². The molecule has 0 spiro atoms. The van der Waals surface area contributed by atoms with Crippen molar-refractivity contribution in [2.24, 2.45) is 0 Å². The zero-order valence-corrected chi connectivity index (χ0v) is 6.62. The van der Waals surface area contributed by atoms with Gasteiger partial charge in [0.2, 0.25) is 0 Å². The molecular formula is C6H11O7-. The zero-order valence-electron chi connectivity index (χ0n) is 6.62. The zero-order chi connectivity index (χ0) is 10.6. The first kappa shape index (κ1) is 12.3. The monoisotopic (exact) mass is 195 g/mol. The Labute approximate surface area is 73.5 Å². The van der Waals surface area contributed by atoms with E-state index in [1.807, 2.05) is 0 Å². The molecule has 0 aromatic heterocycles. The van der Waals surface area contributed by atoms with Gasteiger partial charge in [0.15, 0.2) is 5.60 Å². The van der Waals surface area contributed by atoms with Gasteiger partial charge in [-0.1, -0.05) is 0 Å². The number of rotatable bonds is 5. The molecule has 0 aliphatic heterocycles. The minimum Gasteiger partial charge on any atom is -0.547 e. The molecule has 7 heteroatoms. The minimum absolute atomic E-state index is 0.948. The van der Waals surface area contributed by atoms with Crippen molar-refractivity contribution in [1.29, 1.82) is 0 Å². The first-order valence-corrected chi connectivity index (χ1v) is 3.41. The van der Waals surface area contributed by atoms with Gasteiger partial charge < -0.3 is 35.4 Å². The van der Waals surface area contributed by atoms with Gasteiger partial charge >= 0.3 is 0 Å². The molecular weight excluding hydrogens is 184 g/mol. The predicted molar refractivity (Wildman–Crippen MR) is 36.1 cm³/mol. The van der Waals surface area contributed by atoms with Crippen LogP contribution in [0.5, 0.6) is 0 Å². The summed E-state index contributed by atoms with van der Waals surface area (Å²) in [5.41, 5.74) is -2.97. The maximum atomic E-state index is 10.2. The third-order valence-electron chi connectivity index (χ3n) is 1.64. The van der Waals surface area contributed by atoms with Gasteiger partial charge in [0.05, 0.1) is 19.2 Å². The van der Waals surface area contributed by atoms with E-state index in [9.17, 15) is 9.90 Å². The first-order chi connectivity index (χ1) is 5.90. The number of carboxylic acids is 1. The summed E-state index contributed by atoms with van der Waals surface area (Å²) in [7, 11) is 0. The lowest BCUT2D eigenvalue weighted by atomic mass is 9.94. The van der Waals surface area contributed by atoms with E-state index in [-0.39, 0.29) is 0 Å². The standard InChI is InChI=1S/C6H12O7/c7-1-3(9)4(10)6(13,2-8)5(11)12/h3-4,7-10,13H,1-2H2,(H,11,12)/p-1/t3-,4-,6+/m1/s1. The van der Waals surface area contributed by atoms with Gasteiger partial charge in [-0.15, -0.1) is 0 Å². The second-order valence-electron chi connectivity index (χ2n) is 2.56. The van der Waals surface area contributed by atoms with Crippen LogP contribution in [0.25, 0.3) is 0 Å². The molecule has 0 aromatic carbocycles. The van der Waals surface area contributed by atoms with Crippen LogP contribution in [0.4, 0.5) is 0 Å². The van der Waals surface area contributed by atoms with Gasteiger partial charge in [0.1, 0.15) is 12.2 Å². The highest BCUT2D eigenvalue weighted by molar-refractivity contribution is 5.76. The lowest BCUT2D eigenvalue weighted by molar-refractivity contribution is -0.335. The number of carbonyl (C=O) groups is 1. The van der Waals surface area contributed by atoms with Crippen molar-refractivity contribution in [3.8, 4) is 0 Å². The summed E-state index contributed by atoms with van der Waals surface area (Å²) in [5, 5.41) is 53.8. The fourth-order valence-corrected chi connectivity index (χ4v) is 0.697. The number of hydrogen-bond donors (Lipinski definition) is 5. The number of carboxylic acid groups (broad SMARTS) is 1. The number of aliphatic hydroxyl groups excluding tert-OH is 4. The first-order valence-electron chi connectivity index (χ1n) is 3.41. The quantitative estimate of drug-likeness (QED) is 0.296. The van der Waals surface area contributed by atoms with Crippen molar-refractivity contribution in [2.75, 3.05) is 13.2 Å². The number of aliphatic hydroxyl groups is 5. The molecule has 7 nitrogen and oxygen atoms in total. The van der Waals surface area contributed by atoms with Crippen LogP contribution in [0, 0.1) is 0 Å². The average molecular weight is 195 g/mol. The summed E-state index contributed by atoms with van der Waals surface area (Å²) in [5.74, 6) is -2.13. The van der Waals surface area contributed by atoms with Crippen LogP contribution in [0.1, 0.15) is 0 Å². The van der Waals surface area contributed by atoms with E-state index in [2.05, 4.69) is 0 Å². The maximum absolute atomic E-state index is 10.2. The van der Waals surface area contributed by atoms with Crippen LogP contribution in [-0.2, 0) is 4.79 Å². The van der Waals surface area contributed by atoms with Crippen molar-refractivity contribution < 1.29 is 35.4 Å². The van der Waals surface area contributed by atoms with Crippen molar-refractivity contribution in [3.05, 3.63) is 0 Å². The van der Waals surface area contributed by atoms with Gasteiger partial charge in [-0.2, -0.15) is 0 Å². The van der Waals surface area contributed by atoms with Crippen molar-refractivity contribution in [1.82, 2.24) is 0 Å².